The van der Waals surface area contributed by atoms with E-state index in [1.807, 2.05) is 81.4 Å². The van der Waals surface area contributed by atoms with E-state index in [1.165, 1.54) is 102 Å². The third-order valence-corrected chi connectivity index (χ3v) is 17.6. The molecule has 7 N–H and O–H groups in total. The van der Waals surface area contributed by atoms with Gasteiger partial charge in [0.2, 0.25) is 0 Å². The van der Waals surface area contributed by atoms with Crippen LogP contribution < -0.4 is 46.0 Å². The van der Waals surface area contributed by atoms with Gasteiger partial charge in [-0.15, -0.1) is 12.4 Å². The van der Waals surface area contributed by atoms with Crippen molar-refractivity contribution in [3.05, 3.63) is 180 Å². The summed E-state index contributed by atoms with van der Waals surface area (Å²) in [4.78, 5) is 55.9. The first-order valence-electron chi connectivity index (χ1n) is 34.9. The Morgan fingerprint density at radius 1 is 0.625 bits per heavy atom. The standard InChI is InChI=1S/C25H31N3O3.C14H20N2O3.C14H22N2O.C9H10BrNO3.C8H9NO2.C5H11N.CH4O.ClH.2HI.V/c1-17-6-8-22-21(14-17)25(29)28(19(3)26-22)23-9-7-20(15-24(23)30-4)31-13-5-11-27-12-10-18(2)16-27;1-12-7-9-15(11-12)8-2-10-19-14-5-3-13(4-6-14)16(17)18;1-12-7-9-16(11-12)8-2-10-17-14-5-3-13(15)4-6-14;10-6-1-7-14-9-4-2-8(3-5-9)11(12)13;1-5-2-3-7(9)6(4-5)8(10)11;1-5-2-3-6-4-5;1-2;;;;/h6-9,14-15,18H,5,10-13,16H2,1-4H3;3-6,12H,2,7-11H2,1H3;3-6,12H,2,7-11,15H2,1H3;2-5H,1,6-7H2;2-4H,9H2,1H3,(H,10,11);5-6H,2-4H2,1H3;2H,1H3;3*1H;/q;;;;;;;;;;+2/p-2. The van der Waals surface area contributed by atoms with Crippen molar-refractivity contribution >= 4 is 108 Å². The summed E-state index contributed by atoms with van der Waals surface area (Å²) in [5, 5.41) is 41.2. The molecule has 0 amide bonds. The van der Waals surface area contributed by atoms with Gasteiger partial charge >= 0.3 is 55.4 Å². The van der Waals surface area contributed by atoms with Crippen LogP contribution >= 0.6 is 68.3 Å². The van der Waals surface area contributed by atoms with E-state index in [-0.39, 0.29) is 34.9 Å². The van der Waals surface area contributed by atoms with Crippen molar-refractivity contribution in [2.24, 2.45) is 23.7 Å². The summed E-state index contributed by atoms with van der Waals surface area (Å²) in [6.07, 6.45) is 9.30. The molecule has 0 radical (unpaired) electrons. The van der Waals surface area contributed by atoms with Crippen LogP contribution in [0.4, 0.5) is 22.7 Å². The Morgan fingerprint density at radius 3 is 1.42 bits per heavy atom. The number of nitrogens with zero attached hydrogens (tertiary/aromatic N) is 7. The Hall–Kier alpha value is -6.06. The third-order valence-electron chi connectivity index (χ3n) is 17.0. The van der Waals surface area contributed by atoms with Crippen LogP contribution in [0.15, 0.2) is 132 Å². The minimum absolute atomic E-state index is 0. The molecule has 4 atom stereocenters. The molecule has 4 aliphatic rings. The van der Waals surface area contributed by atoms with Gasteiger partial charge in [0.25, 0.3) is 16.9 Å². The number of aliphatic hydroxyl groups excluding tert-OH is 1. The third kappa shape index (κ3) is 35.1. The number of carboxylic acids is 1. The molecule has 5 heterocycles. The van der Waals surface area contributed by atoms with Crippen molar-refractivity contribution in [3.8, 4) is 34.4 Å². The van der Waals surface area contributed by atoms with Crippen LogP contribution in [0.3, 0.4) is 0 Å². The van der Waals surface area contributed by atoms with Crippen LogP contribution in [-0.2, 0) is 9.47 Å². The zero-order valence-electron chi connectivity index (χ0n) is 61.6. The molecule has 4 unspecified atom stereocenters. The summed E-state index contributed by atoms with van der Waals surface area (Å²) in [6.45, 7) is 30.6. The zero-order chi connectivity index (χ0) is 75.6. The number of likely N-dealkylation sites (tertiary alicyclic amines) is 3. The van der Waals surface area contributed by atoms with Crippen molar-refractivity contribution in [3.63, 3.8) is 0 Å². The predicted octanol–water partition coefficient (Wildman–Crippen LogP) is 15.7. The summed E-state index contributed by atoms with van der Waals surface area (Å²) in [7, 11) is 3.23. The number of aliphatic hydroxyl groups is 1. The number of aromatic nitrogens is 2. The van der Waals surface area contributed by atoms with Gasteiger partial charge in [-0.2, -0.15) is 0 Å². The van der Waals surface area contributed by atoms with Gasteiger partial charge in [0.05, 0.1) is 65.5 Å². The number of carbonyl (C=O) groups is 1. The van der Waals surface area contributed by atoms with E-state index < -0.39 is 15.8 Å². The van der Waals surface area contributed by atoms with Crippen LogP contribution in [0.1, 0.15) is 106 Å². The van der Waals surface area contributed by atoms with Gasteiger partial charge in [0.1, 0.15) is 34.6 Å². The summed E-state index contributed by atoms with van der Waals surface area (Å²) in [6, 6.07) is 36.2. The Bertz CT molecular complexity index is 3670. The number of benzene rings is 6. The van der Waals surface area contributed by atoms with Crippen molar-refractivity contribution in [1.82, 2.24) is 29.6 Å². The molecule has 0 spiro atoms. The van der Waals surface area contributed by atoms with Crippen LogP contribution in [0, 0.1) is 64.7 Å². The molecule has 4 saturated heterocycles. The van der Waals surface area contributed by atoms with Crippen LogP contribution in [0.2, 0.25) is 0 Å². The fourth-order valence-electron chi connectivity index (χ4n) is 11.5. The number of nitrogens with one attached hydrogen (secondary N) is 1. The molecule has 0 saturated carbocycles. The number of aromatic carboxylic acids is 1. The van der Waals surface area contributed by atoms with Gasteiger partial charge in [-0.25, -0.2) is 9.78 Å². The fourth-order valence-corrected chi connectivity index (χ4v) is 11.8. The summed E-state index contributed by atoms with van der Waals surface area (Å²) in [5.41, 5.74) is 15.7. The number of anilines is 2. The van der Waals surface area contributed by atoms with E-state index in [1.54, 1.807) is 54.1 Å². The average molecular weight is 1790 g/mol. The van der Waals surface area contributed by atoms with E-state index in [2.05, 4.69) is 109 Å². The van der Waals surface area contributed by atoms with Gasteiger partial charge in [-0.05, 0) is 213 Å². The zero-order valence-corrected chi connectivity index (χ0v) is 69.7. The Balaban J connectivity index is 0.000000337. The molecule has 0 aliphatic carbocycles. The van der Waals surface area contributed by atoms with Crippen molar-refractivity contribution in [2.75, 3.05) is 129 Å². The second-order valence-electron chi connectivity index (χ2n) is 25.9. The van der Waals surface area contributed by atoms with Gasteiger partial charge in [0.15, 0.2) is 0 Å². The van der Waals surface area contributed by atoms with Gasteiger partial charge in [0, 0.05) is 93.4 Å². The maximum absolute atomic E-state index is 13.2. The molecule has 11 rings (SSSR count). The number of aryl methyl sites for hydroxylation is 3. The first kappa shape index (κ1) is 92.2. The molecular formula is C76H108BrClI2N10O13V. The number of alkyl halides is 1. The van der Waals surface area contributed by atoms with E-state index in [0.29, 0.717) is 74.6 Å². The Labute approximate surface area is 657 Å². The number of non-ortho nitro benzene ring substituents is 2. The number of rotatable bonds is 24. The molecule has 7 aromatic rings. The second kappa shape index (κ2) is 52.0. The number of halogens is 4. The van der Waals surface area contributed by atoms with E-state index >= 15 is 0 Å². The molecule has 28 heteroatoms. The first-order chi connectivity index (χ1) is 49.5. The minimum atomic E-state index is -0.980. The Morgan fingerprint density at radius 2 is 1.05 bits per heavy atom. The van der Waals surface area contributed by atoms with E-state index in [4.69, 9.17) is 45.4 Å². The van der Waals surface area contributed by atoms with Gasteiger partial charge in [-0.1, -0.05) is 66.9 Å². The van der Waals surface area contributed by atoms with Crippen molar-refractivity contribution < 1.29 is 58.0 Å². The maximum atomic E-state index is 13.2. The molecule has 4 aliphatic heterocycles. The molecule has 0 bridgehead atoms. The topological polar surface area (TPSA) is 299 Å². The van der Waals surface area contributed by atoms with Crippen LogP contribution in [0.25, 0.3) is 16.6 Å². The number of ether oxygens (including phenoxy) is 5. The van der Waals surface area contributed by atoms with Crippen molar-refractivity contribution in [2.45, 2.75) is 99.8 Å². The van der Waals surface area contributed by atoms with Gasteiger partial charge in [-0.3, -0.25) is 29.6 Å². The van der Waals surface area contributed by atoms with Crippen molar-refractivity contribution in [1.29, 1.82) is 0 Å². The average Bonchev–Trinajstić information content (AvgIpc) is 0.988. The monoisotopic (exact) mass is 1790 g/mol. The number of fused-ring (bicyclic) bond motifs is 1. The second-order valence-corrected chi connectivity index (χ2v) is 38.4. The fraction of sp³-hybridized carbons (Fsp3) is 0.487. The summed E-state index contributed by atoms with van der Waals surface area (Å²) >= 11 is 8.02. The number of nitro groups is 2. The van der Waals surface area contributed by atoms with E-state index in [9.17, 15) is 29.8 Å². The number of nitrogen functional groups attached to an aromatic ring is 2. The first-order valence-corrected chi connectivity index (χ1v) is 45.1. The number of methoxy groups -OCH3 is 1. The number of nitrogens with two attached hydrogens (primary N) is 2. The quantitative estimate of drug-likeness (QED) is 0.00938. The molecule has 6 aromatic carbocycles. The molecule has 573 valence electrons. The molecule has 104 heavy (non-hydrogen) atoms. The van der Waals surface area contributed by atoms with E-state index in [0.717, 1.165) is 116 Å². The molecule has 23 nitrogen and oxygen atoms in total. The predicted molar refractivity (Wildman–Crippen MR) is 438 cm³/mol. The SMILES string of the molecule is CC1CCN(CCCOc2ccc(N)cc2)C1.CC1CCN(CCCOc2ccc([N+](=O)[O-])cc2)C1.CC1CCNC1.CO.COc1cc(OCCCN2CCC(C)C2)ccc1-n1c(C)nc2ccc(C)cc2c1=O.Cc1ccc(N)c(C(=O)O)c1.Cl.O=[N+]([O-])c1ccc(OCCCBr)cc1.[I][V][I]. The normalized spacial score (nSPS) is 16.4. The number of hydrogen-bond donors (Lipinski definition) is 5. The number of hydrogen-bond acceptors (Lipinski definition) is 19. The molecular weight excluding hydrogens is 1680 g/mol. The number of nitro benzene ring substituents is 2. The molecule has 1 aromatic heterocycles. The molecule has 4 fully saturated rings. The Kier molecular flexibility index (Phi) is 46.1. The van der Waals surface area contributed by atoms with Gasteiger partial charge < -0.3 is 65.4 Å². The number of carboxylic acid groups (broad SMARTS) is 1. The summed E-state index contributed by atoms with van der Waals surface area (Å²) < 4.78 is 29.8. The van der Waals surface area contributed by atoms with Crippen LogP contribution in [0.5, 0.6) is 28.7 Å². The summed E-state index contributed by atoms with van der Waals surface area (Å²) in [5.74, 6) is 6.66. The van der Waals surface area contributed by atoms with Crippen LogP contribution in [-0.4, -0.2) is 168 Å².